The van der Waals surface area contributed by atoms with Gasteiger partial charge in [0.05, 0.1) is 18.1 Å². The molecule has 0 atom stereocenters. The molecular weight excluding hydrogens is 264 g/mol. The van der Waals surface area contributed by atoms with Gasteiger partial charge in [0.1, 0.15) is 0 Å². The number of primary sulfonamides is 1. The van der Waals surface area contributed by atoms with Gasteiger partial charge in [-0.05, 0) is 30.7 Å². The average molecular weight is 284 g/mol. The number of nitrogens with one attached hydrogen (secondary N) is 1. The van der Waals surface area contributed by atoms with Crippen LogP contribution in [0.2, 0.25) is 0 Å². The highest BCUT2D eigenvalue weighted by Gasteiger charge is 2.32. The van der Waals surface area contributed by atoms with Crippen molar-refractivity contribution < 1.29 is 13.2 Å². The molecule has 0 unspecified atom stereocenters. The zero-order chi connectivity index (χ0) is 13.9. The van der Waals surface area contributed by atoms with Crippen LogP contribution in [0.5, 0.6) is 0 Å². The minimum Gasteiger partial charge on any atom is -0.380 e. The fraction of sp³-hybridized carbons (Fsp3) is 0.538. The maximum Gasteiger partial charge on any atom is 0.238 e. The SMILES string of the molecule is CC1(CNCCc2ccc(S(N)(=O)=O)cc2)COC1. The molecule has 1 aromatic rings. The normalized spacial score (nSPS) is 18.0. The Labute approximate surface area is 114 Å². The first-order chi connectivity index (χ1) is 8.89. The van der Waals surface area contributed by atoms with E-state index < -0.39 is 10.0 Å². The van der Waals surface area contributed by atoms with Gasteiger partial charge in [0.25, 0.3) is 0 Å². The third-order valence-electron chi connectivity index (χ3n) is 3.30. The minimum atomic E-state index is -3.59. The van der Waals surface area contributed by atoms with Gasteiger partial charge in [0.15, 0.2) is 0 Å². The van der Waals surface area contributed by atoms with Crippen LogP contribution in [0.1, 0.15) is 12.5 Å². The van der Waals surface area contributed by atoms with Gasteiger partial charge in [-0.3, -0.25) is 0 Å². The lowest BCUT2D eigenvalue weighted by atomic mass is 9.89. The van der Waals surface area contributed by atoms with Crippen LogP contribution in [-0.4, -0.2) is 34.7 Å². The number of hydrogen-bond donors (Lipinski definition) is 2. The number of hydrogen-bond acceptors (Lipinski definition) is 4. The van der Waals surface area contributed by atoms with Gasteiger partial charge in [-0.15, -0.1) is 0 Å². The van der Waals surface area contributed by atoms with E-state index in [0.717, 1.165) is 38.3 Å². The van der Waals surface area contributed by atoms with Gasteiger partial charge in [-0.2, -0.15) is 0 Å². The molecule has 6 heteroatoms. The standard InChI is InChI=1S/C13H20N2O3S/c1-13(9-18-10-13)8-15-7-6-11-2-4-12(5-3-11)19(14,16)17/h2-5,15H,6-10H2,1H3,(H2,14,16,17). The van der Waals surface area contributed by atoms with Gasteiger partial charge >= 0.3 is 0 Å². The summed E-state index contributed by atoms with van der Waals surface area (Å²) in [4.78, 5) is 0.156. The maximum absolute atomic E-state index is 11.1. The van der Waals surface area contributed by atoms with Gasteiger partial charge < -0.3 is 10.1 Å². The molecule has 0 amide bonds. The molecule has 1 aliphatic rings. The summed E-state index contributed by atoms with van der Waals surface area (Å²) >= 11 is 0. The summed E-state index contributed by atoms with van der Waals surface area (Å²) in [6.45, 7) is 5.66. The summed E-state index contributed by atoms with van der Waals surface area (Å²) in [7, 11) is -3.59. The smallest absolute Gasteiger partial charge is 0.238 e. The van der Waals surface area contributed by atoms with Gasteiger partial charge in [0.2, 0.25) is 10.0 Å². The molecule has 0 aliphatic carbocycles. The fourth-order valence-electron chi connectivity index (χ4n) is 2.02. The lowest BCUT2D eigenvalue weighted by Crippen LogP contribution is -2.47. The van der Waals surface area contributed by atoms with Crippen LogP contribution >= 0.6 is 0 Å². The molecule has 1 aliphatic heterocycles. The second-order valence-electron chi connectivity index (χ2n) is 5.42. The van der Waals surface area contributed by atoms with E-state index in [1.54, 1.807) is 24.3 Å². The van der Waals surface area contributed by atoms with Crippen molar-refractivity contribution in [3.8, 4) is 0 Å². The third kappa shape index (κ3) is 4.01. The predicted molar refractivity (Wildman–Crippen MR) is 73.3 cm³/mol. The lowest BCUT2D eigenvalue weighted by Gasteiger charge is -2.38. The molecule has 1 saturated heterocycles. The Morgan fingerprint density at radius 2 is 1.95 bits per heavy atom. The van der Waals surface area contributed by atoms with Crippen LogP contribution in [0.4, 0.5) is 0 Å². The first-order valence-corrected chi connectivity index (χ1v) is 7.84. The molecule has 0 radical (unpaired) electrons. The van der Waals surface area contributed by atoms with E-state index in [-0.39, 0.29) is 10.3 Å². The third-order valence-corrected chi connectivity index (χ3v) is 4.22. The minimum absolute atomic E-state index is 0.156. The summed E-state index contributed by atoms with van der Waals surface area (Å²) in [6.07, 6.45) is 0.863. The molecule has 1 fully saturated rings. The average Bonchev–Trinajstić information content (AvgIpc) is 2.32. The van der Waals surface area contributed by atoms with E-state index in [1.807, 2.05) is 0 Å². The Morgan fingerprint density at radius 1 is 1.32 bits per heavy atom. The Balaban J connectivity index is 1.77. The fourth-order valence-corrected chi connectivity index (χ4v) is 2.54. The largest absolute Gasteiger partial charge is 0.380 e. The van der Waals surface area contributed by atoms with Crippen molar-refractivity contribution in [2.75, 3.05) is 26.3 Å². The van der Waals surface area contributed by atoms with Crippen LogP contribution in [-0.2, 0) is 21.2 Å². The molecule has 1 aromatic carbocycles. The van der Waals surface area contributed by atoms with Crippen molar-refractivity contribution in [1.82, 2.24) is 5.32 Å². The quantitative estimate of drug-likeness (QED) is 0.746. The first kappa shape index (κ1) is 14.5. The van der Waals surface area contributed by atoms with E-state index in [4.69, 9.17) is 9.88 Å². The monoisotopic (exact) mass is 284 g/mol. The van der Waals surface area contributed by atoms with Crippen molar-refractivity contribution in [3.05, 3.63) is 29.8 Å². The van der Waals surface area contributed by atoms with Crippen molar-refractivity contribution in [2.24, 2.45) is 10.6 Å². The summed E-state index contributed by atoms with van der Waals surface area (Å²) in [5.74, 6) is 0. The van der Waals surface area contributed by atoms with Crippen molar-refractivity contribution in [2.45, 2.75) is 18.2 Å². The predicted octanol–water partition coefficient (Wildman–Crippen LogP) is 0.503. The zero-order valence-corrected chi connectivity index (χ0v) is 11.9. The van der Waals surface area contributed by atoms with E-state index in [2.05, 4.69) is 12.2 Å². The van der Waals surface area contributed by atoms with E-state index in [1.165, 1.54) is 0 Å². The second-order valence-corrected chi connectivity index (χ2v) is 6.98. The summed E-state index contributed by atoms with van der Waals surface area (Å²) < 4.78 is 27.4. The van der Waals surface area contributed by atoms with E-state index in [0.29, 0.717) is 0 Å². The molecule has 106 valence electrons. The maximum atomic E-state index is 11.1. The zero-order valence-electron chi connectivity index (χ0n) is 11.1. The molecule has 1 heterocycles. The van der Waals surface area contributed by atoms with Gasteiger partial charge in [0, 0.05) is 12.0 Å². The van der Waals surface area contributed by atoms with Crippen LogP contribution in [0.3, 0.4) is 0 Å². The molecule has 0 spiro atoms. The van der Waals surface area contributed by atoms with Crippen LogP contribution < -0.4 is 10.5 Å². The molecule has 19 heavy (non-hydrogen) atoms. The molecule has 0 saturated carbocycles. The van der Waals surface area contributed by atoms with E-state index in [9.17, 15) is 8.42 Å². The van der Waals surface area contributed by atoms with Crippen LogP contribution in [0.25, 0.3) is 0 Å². The number of sulfonamides is 1. The molecule has 3 N–H and O–H groups in total. The molecule has 0 aromatic heterocycles. The van der Waals surface area contributed by atoms with Crippen molar-refractivity contribution in [3.63, 3.8) is 0 Å². The van der Waals surface area contributed by atoms with Crippen molar-refractivity contribution >= 4 is 10.0 Å². The summed E-state index contributed by atoms with van der Waals surface area (Å²) in [6, 6.07) is 6.70. The summed E-state index contributed by atoms with van der Waals surface area (Å²) in [5.41, 5.74) is 1.37. The van der Waals surface area contributed by atoms with Crippen molar-refractivity contribution in [1.29, 1.82) is 0 Å². The Bertz CT molecular complexity index is 521. The van der Waals surface area contributed by atoms with Gasteiger partial charge in [-0.25, -0.2) is 13.6 Å². The second kappa shape index (κ2) is 5.58. The number of benzene rings is 1. The Kier molecular flexibility index (Phi) is 4.25. The Hall–Kier alpha value is -0.950. The molecule has 0 bridgehead atoms. The first-order valence-electron chi connectivity index (χ1n) is 6.29. The topological polar surface area (TPSA) is 81.4 Å². The Morgan fingerprint density at radius 3 is 2.42 bits per heavy atom. The number of ether oxygens (including phenoxy) is 1. The highest BCUT2D eigenvalue weighted by atomic mass is 32.2. The highest BCUT2D eigenvalue weighted by molar-refractivity contribution is 7.89. The number of nitrogens with two attached hydrogens (primary N) is 1. The van der Waals surface area contributed by atoms with Crippen LogP contribution in [0, 0.1) is 5.41 Å². The molecule has 5 nitrogen and oxygen atoms in total. The molecular formula is C13H20N2O3S. The lowest BCUT2D eigenvalue weighted by molar-refractivity contribution is -0.0988. The highest BCUT2D eigenvalue weighted by Crippen LogP contribution is 2.24. The van der Waals surface area contributed by atoms with Gasteiger partial charge in [-0.1, -0.05) is 19.1 Å². The van der Waals surface area contributed by atoms with Crippen LogP contribution in [0.15, 0.2) is 29.2 Å². The number of rotatable bonds is 6. The molecule has 2 rings (SSSR count). The van der Waals surface area contributed by atoms with E-state index >= 15 is 0 Å². The summed E-state index contributed by atoms with van der Waals surface area (Å²) in [5, 5.41) is 8.44.